The molecule has 3 rings (SSSR count). The van der Waals surface area contributed by atoms with Gasteiger partial charge in [-0.2, -0.15) is 0 Å². The predicted molar refractivity (Wildman–Crippen MR) is 110 cm³/mol. The van der Waals surface area contributed by atoms with Gasteiger partial charge in [0, 0.05) is 25.7 Å². The molecule has 2 aromatic rings. The van der Waals surface area contributed by atoms with E-state index in [9.17, 15) is 14.4 Å². The Balaban J connectivity index is 1.72. The Morgan fingerprint density at radius 1 is 1.00 bits per heavy atom. The second-order valence-corrected chi connectivity index (χ2v) is 7.49. The first-order chi connectivity index (χ1) is 14.1. The molecule has 0 atom stereocenters. The SMILES string of the molecule is CC(C)OC(=O)c1cccc(-c2ccc(NC=C3C(=O)OC(C)(C)OC3=O)cc2)c1. The number of hydrogen-bond acceptors (Lipinski definition) is 7. The first-order valence-corrected chi connectivity index (χ1v) is 9.49. The zero-order chi connectivity index (χ0) is 21.9. The van der Waals surface area contributed by atoms with Crippen molar-refractivity contribution in [3.05, 3.63) is 65.9 Å². The molecule has 0 radical (unpaired) electrons. The van der Waals surface area contributed by atoms with Gasteiger partial charge in [-0.15, -0.1) is 0 Å². The Hall–Kier alpha value is -3.61. The lowest BCUT2D eigenvalue weighted by Crippen LogP contribution is -2.42. The van der Waals surface area contributed by atoms with Crippen molar-refractivity contribution in [3.63, 3.8) is 0 Å². The molecule has 0 unspecified atom stereocenters. The zero-order valence-corrected chi connectivity index (χ0v) is 17.2. The topological polar surface area (TPSA) is 90.9 Å². The summed E-state index contributed by atoms with van der Waals surface area (Å²) >= 11 is 0. The second-order valence-electron chi connectivity index (χ2n) is 7.49. The molecule has 156 valence electrons. The van der Waals surface area contributed by atoms with Crippen LogP contribution >= 0.6 is 0 Å². The smallest absolute Gasteiger partial charge is 0.350 e. The zero-order valence-electron chi connectivity index (χ0n) is 17.2. The molecular formula is C23H23NO6. The molecule has 0 bridgehead atoms. The molecule has 2 aromatic carbocycles. The molecule has 0 spiro atoms. The number of nitrogens with one attached hydrogen (secondary N) is 1. The molecule has 7 nitrogen and oxygen atoms in total. The van der Waals surface area contributed by atoms with Crippen LogP contribution in [0.5, 0.6) is 0 Å². The van der Waals surface area contributed by atoms with Crippen LogP contribution in [0.25, 0.3) is 11.1 Å². The summed E-state index contributed by atoms with van der Waals surface area (Å²) < 4.78 is 15.3. The molecule has 0 saturated carbocycles. The van der Waals surface area contributed by atoms with E-state index in [1.807, 2.05) is 18.2 Å². The lowest BCUT2D eigenvalue weighted by atomic mass is 10.0. The van der Waals surface area contributed by atoms with E-state index in [2.05, 4.69) is 5.32 Å². The fourth-order valence-corrected chi connectivity index (χ4v) is 2.80. The Bertz CT molecular complexity index is 983. The summed E-state index contributed by atoms with van der Waals surface area (Å²) in [6.45, 7) is 6.58. The maximum atomic E-state index is 12.1. The van der Waals surface area contributed by atoms with E-state index < -0.39 is 17.7 Å². The molecule has 0 aromatic heterocycles. The molecule has 1 aliphatic heterocycles. The molecule has 30 heavy (non-hydrogen) atoms. The van der Waals surface area contributed by atoms with Gasteiger partial charge in [0.2, 0.25) is 0 Å². The number of rotatable bonds is 5. The van der Waals surface area contributed by atoms with Crippen molar-refractivity contribution in [1.29, 1.82) is 0 Å². The monoisotopic (exact) mass is 409 g/mol. The van der Waals surface area contributed by atoms with Crippen molar-refractivity contribution in [3.8, 4) is 11.1 Å². The van der Waals surface area contributed by atoms with Crippen molar-refractivity contribution < 1.29 is 28.6 Å². The van der Waals surface area contributed by atoms with Crippen molar-refractivity contribution in [2.45, 2.75) is 39.6 Å². The molecular weight excluding hydrogens is 386 g/mol. The lowest BCUT2D eigenvalue weighted by molar-refractivity contribution is -0.222. The third-order valence-corrected chi connectivity index (χ3v) is 4.16. The summed E-state index contributed by atoms with van der Waals surface area (Å²) in [6, 6.07) is 14.5. The fourth-order valence-electron chi connectivity index (χ4n) is 2.80. The lowest BCUT2D eigenvalue weighted by Gasteiger charge is -2.29. The van der Waals surface area contributed by atoms with Gasteiger partial charge >= 0.3 is 17.9 Å². The number of cyclic esters (lactones) is 2. The van der Waals surface area contributed by atoms with Crippen LogP contribution < -0.4 is 5.32 Å². The molecule has 0 aliphatic carbocycles. The maximum absolute atomic E-state index is 12.1. The van der Waals surface area contributed by atoms with Crippen molar-refractivity contribution >= 4 is 23.6 Å². The average Bonchev–Trinajstić information content (AvgIpc) is 2.66. The van der Waals surface area contributed by atoms with Gasteiger partial charge < -0.3 is 19.5 Å². The highest BCUT2D eigenvalue weighted by Gasteiger charge is 2.38. The maximum Gasteiger partial charge on any atom is 0.350 e. The van der Waals surface area contributed by atoms with Crippen LogP contribution in [0.3, 0.4) is 0 Å². The van der Waals surface area contributed by atoms with E-state index in [1.165, 1.54) is 20.0 Å². The third kappa shape index (κ3) is 5.05. The van der Waals surface area contributed by atoms with Gasteiger partial charge in [-0.1, -0.05) is 24.3 Å². The number of anilines is 1. The highest BCUT2D eigenvalue weighted by atomic mass is 16.7. The summed E-state index contributed by atoms with van der Waals surface area (Å²) in [5, 5.41) is 2.89. The first kappa shape index (κ1) is 21.1. The molecule has 1 fully saturated rings. The molecule has 1 aliphatic rings. The molecule has 7 heteroatoms. The molecule has 0 amide bonds. The largest absolute Gasteiger partial charge is 0.459 e. The van der Waals surface area contributed by atoms with Crippen LogP contribution in [0.2, 0.25) is 0 Å². The number of ether oxygens (including phenoxy) is 3. The number of esters is 3. The minimum Gasteiger partial charge on any atom is -0.459 e. The van der Waals surface area contributed by atoms with E-state index in [1.54, 1.807) is 44.2 Å². The minimum atomic E-state index is -1.27. The summed E-state index contributed by atoms with van der Waals surface area (Å²) in [6.07, 6.45) is 1.07. The number of carbonyl (C=O) groups is 3. The van der Waals surface area contributed by atoms with E-state index in [0.717, 1.165) is 11.1 Å². The van der Waals surface area contributed by atoms with Crippen LogP contribution in [0.4, 0.5) is 5.69 Å². The number of carbonyl (C=O) groups excluding carboxylic acids is 3. The van der Waals surface area contributed by atoms with E-state index in [4.69, 9.17) is 14.2 Å². The first-order valence-electron chi connectivity index (χ1n) is 9.49. The van der Waals surface area contributed by atoms with Crippen LogP contribution in [0.15, 0.2) is 60.3 Å². The van der Waals surface area contributed by atoms with Crippen LogP contribution in [-0.4, -0.2) is 29.8 Å². The normalized spacial score (nSPS) is 15.3. The van der Waals surface area contributed by atoms with E-state index >= 15 is 0 Å². The van der Waals surface area contributed by atoms with Gasteiger partial charge in [0.05, 0.1) is 11.7 Å². The van der Waals surface area contributed by atoms with Gasteiger partial charge in [0.25, 0.3) is 5.79 Å². The highest BCUT2D eigenvalue weighted by molar-refractivity contribution is 6.15. The standard InChI is InChI=1S/C23H23NO6/c1-14(2)28-20(25)17-7-5-6-16(12-17)15-8-10-18(11-9-15)24-13-19-21(26)29-23(3,4)30-22(19)27/h5-14,24H,1-4H3. The number of benzene rings is 2. The quantitative estimate of drug-likeness (QED) is 0.452. The van der Waals surface area contributed by atoms with Gasteiger partial charge in [0.1, 0.15) is 0 Å². The second kappa shape index (κ2) is 8.41. The summed E-state index contributed by atoms with van der Waals surface area (Å²) in [7, 11) is 0. The minimum absolute atomic E-state index is 0.189. The van der Waals surface area contributed by atoms with E-state index in [-0.39, 0.29) is 17.6 Å². The van der Waals surface area contributed by atoms with Crippen molar-refractivity contribution in [1.82, 2.24) is 0 Å². The van der Waals surface area contributed by atoms with Crippen LogP contribution in [0, 0.1) is 0 Å². The third-order valence-electron chi connectivity index (χ3n) is 4.16. The summed E-state index contributed by atoms with van der Waals surface area (Å²) in [4.78, 5) is 36.0. The van der Waals surface area contributed by atoms with Crippen LogP contribution in [0.1, 0.15) is 38.1 Å². The fraction of sp³-hybridized carbons (Fsp3) is 0.261. The van der Waals surface area contributed by atoms with Gasteiger partial charge in [-0.05, 0) is 49.2 Å². The Kier molecular flexibility index (Phi) is 5.91. The predicted octanol–water partition coefficient (Wildman–Crippen LogP) is 4.05. The van der Waals surface area contributed by atoms with Gasteiger partial charge in [0.15, 0.2) is 5.57 Å². The van der Waals surface area contributed by atoms with Crippen molar-refractivity contribution in [2.75, 3.05) is 5.32 Å². The molecule has 1 N–H and O–H groups in total. The van der Waals surface area contributed by atoms with Crippen LogP contribution in [-0.2, 0) is 23.8 Å². The molecule has 1 heterocycles. The Morgan fingerprint density at radius 2 is 1.63 bits per heavy atom. The Morgan fingerprint density at radius 3 is 2.23 bits per heavy atom. The average molecular weight is 409 g/mol. The van der Waals surface area contributed by atoms with Gasteiger partial charge in [-0.3, -0.25) is 0 Å². The van der Waals surface area contributed by atoms with Gasteiger partial charge in [-0.25, -0.2) is 14.4 Å². The van der Waals surface area contributed by atoms with Crippen molar-refractivity contribution in [2.24, 2.45) is 0 Å². The van der Waals surface area contributed by atoms with E-state index in [0.29, 0.717) is 11.3 Å². The number of hydrogen-bond donors (Lipinski definition) is 1. The Labute approximate surface area is 174 Å². The summed E-state index contributed by atoms with van der Waals surface area (Å²) in [5.41, 5.74) is 2.68. The molecule has 1 saturated heterocycles. The summed E-state index contributed by atoms with van der Waals surface area (Å²) in [5.74, 6) is -3.13. The highest BCUT2D eigenvalue weighted by Crippen LogP contribution is 2.25.